The summed E-state index contributed by atoms with van der Waals surface area (Å²) in [6.45, 7) is 1.30. The predicted octanol–water partition coefficient (Wildman–Crippen LogP) is 2.00. The molecule has 0 aliphatic carbocycles. The Morgan fingerprint density at radius 3 is 2.59 bits per heavy atom. The van der Waals surface area contributed by atoms with Crippen LogP contribution in [-0.2, 0) is 21.3 Å². The summed E-state index contributed by atoms with van der Waals surface area (Å²) in [7, 11) is -3.68. The number of morpholine rings is 1. The van der Waals surface area contributed by atoms with Crippen molar-refractivity contribution in [3.05, 3.63) is 58.6 Å². The Hall–Kier alpha value is -2.13. The van der Waals surface area contributed by atoms with Crippen molar-refractivity contribution in [1.82, 2.24) is 9.62 Å². The number of hydrogen-bond acceptors (Lipinski definition) is 5. The maximum atomic E-state index is 12.9. The molecular formula is C18H19ClN2O5S. The first-order valence-electron chi connectivity index (χ1n) is 8.32. The van der Waals surface area contributed by atoms with E-state index in [9.17, 15) is 18.3 Å². The Morgan fingerprint density at radius 2 is 1.89 bits per heavy atom. The lowest BCUT2D eigenvalue weighted by atomic mass is 10.1. The molecule has 0 aromatic heterocycles. The van der Waals surface area contributed by atoms with Gasteiger partial charge in [-0.3, -0.25) is 4.79 Å². The largest absolute Gasteiger partial charge is 0.507 e. The number of rotatable bonds is 5. The minimum atomic E-state index is -3.68. The fraction of sp³-hybridized carbons (Fsp3) is 0.278. The second-order valence-electron chi connectivity index (χ2n) is 5.97. The average molecular weight is 411 g/mol. The van der Waals surface area contributed by atoms with Gasteiger partial charge in [-0.25, -0.2) is 8.42 Å². The SMILES string of the molecule is O=C(NCc1ccccc1S(=O)(=O)N1CCOCC1)c1ccc(Cl)cc1O. The van der Waals surface area contributed by atoms with Crippen LogP contribution >= 0.6 is 11.6 Å². The van der Waals surface area contributed by atoms with Gasteiger partial charge in [0, 0.05) is 24.7 Å². The van der Waals surface area contributed by atoms with Crippen molar-refractivity contribution in [2.75, 3.05) is 26.3 Å². The first-order chi connectivity index (χ1) is 12.9. The van der Waals surface area contributed by atoms with E-state index < -0.39 is 15.9 Å². The van der Waals surface area contributed by atoms with Crippen LogP contribution in [0.15, 0.2) is 47.4 Å². The molecule has 144 valence electrons. The molecule has 2 N–H and O–H groups in total. The van der Waals surface area contributed by atoms with Crippen LogP contribution in [0.5, 0.6) is 5.75 Å². The second-order valence-corrected chi connectivity index (χ2v) is 8.31. The van der Waals surface area contributed by atoms with Crippen LogP contribution in [0, 0.1) is 0 Å². The highest BCUT2D eigenvalue weighted by molar-refractivity contribution is 7.89. The lowest BCUT2D eigenvalue weighted by Crippen LogP contribution is -2.41. The van der Waals surface area contributed by atoms with Crippen molar-refractivity contribution in [2.24, 2.45) is 0 Å². The molecule has 0 saturated carbocycles. The van der Waals surface area contributed by atoms with Crippen molar-refractivity contribution < 1.29 is 23.1 Å². The molecule has 0 radical (unpaired) electrons. The molecule has 1 amide bonds. The van der Waals surface area contributed by atoms with Crippen LogP contribution in [0.25, 0.3) is 0 Å². The summed E-state index contributed by atoms with van der Waals surface area (Å²) >= 11 is 5.77. The molecule has 0 unspecified atom stereocenters. The number of nitrogens with one attached hydrogen (secondary N) is 1. The van der Waals surface area contributed by atoms with Crippen LogP contribution in [0.4, 0.5) is 0 Å². The minimum Gasteiger partial charge on any atom is -0.507 e. The Morgan fingerprint density at radius 1 is 1.19 bits per heavy atom. The summed E-state index contributed by atoms with van der Waals surface area (Å²) in [4.78, 5) is 12.5. The Bertz CT molecular complexity index is 943. The number of carbonyl (C=O) groups is 1. The zero-order valence-corrected chi connectivity index (χ0v) is 16.0. The zero-order chi connectivity index (χ0) is 19.4. The van der Waals surface area contributed by atoms with Crippen LogP contribution in [0.2, 0.25) is 5.02 Å². The molecule has 2 aromatic rings. The monoisotopic (exact) mass is 410 g/mol. The van der Waals surface area contributed by atoms with Crippen LogP contribution in [0.1, 0.15) is 15.9 Å². The number of carbonyl (C=O) groups excluding carboxylic acids is 1. The van der Waals surface area contributed by atoms with Crippen molar-refractivity contribution in [1.29, 1.82) is 0 Å². The highest BCUT2D eigenvalue weighted by Crippen LogP contribution is 2.23. The number of phenolic OH excluding ortho intramolecular Hbond substituents is 1. The molecule has 1 saturated heterocycles. The van der Waals surface area contributed by atoms with E-state index in [0.717, 1.165) is 0 Å². The molecule has 1 fully saturated rings. The molecule has 7 nitrogen and oxygen atoms in total. The number of phenols is 1. The van der Waals surface area contributed by atoms with Crippen LogP contribution in [-0.4, -0.2) is 50.0 Å². The lowest BCUT2D eigenvalue weighted by molar-refractivity contribution is 0.0730. The van der Waals surface area contributed by atoms with Gasteiger partial charge in [0.2, 0.25) is 10.0 Å². The molecule has 0 bridgehead atoms. The molecule has 1 heterocycles. The van der Waals surface area contributed by atoms with Gasteiger partial charge in [0.1, 0.15) is 5.75 Å². The molecule has 3 rings (SSSR count). The van der Waals surface area contributed by atoms with E-state index in [1.807, 2.05) is 0 Å². The molecule has 0 atom stereocenters. The van der Waals surface area contributed by atoms with E-state index in [2.05, 4.69) is 5.32 Å². The Balaban J connectivity index is 1.79. The van der Waals surface area contributed by atoms with Crippen molar-refractivity contribution in [2.45, 2.75) is 11.4 Å². The number of halogens is 1. The summed E-state index contributed by atoms with van der Waals surface area (Å²) in [6, 6.07) is 10.7. The summed E-state index contributed by atoms with van der Waals surface area (Å²) < 4.78 is 32.4. The van der Waals surface area contributed by atoms with Gasteiger partial charge in [0.15, 0.2) is 0 Å². The molecule has 27 heavy (non-hydrogen) atoms. The number of amides is 1. The van der Waals surface area contributed by atoms with Gasteiger partial charge in [0.05, 0.1) is 23.7 Å². The number of hydrogen-bond donors (Lipinski definition) is 2. The molecule has 9 heteroatoms. The third-order valence-corrected chi connectivity index (χ3v) is 6.44. The van der Waals surface area contributed by atoms with E-state index >= 15 is 0 Å². The van der Waals surface area contributed by atoms with Crippen molar-refractivity contribution in [3.63, 3.8) is 0 Å². The van der Waals surface area contributed by atoms with Crippen molar-refractivity contribution in [3.8, 4) is 5.75 Å². The summed E-state index contributed by atoms with van der Waals surface area (Å²) in [5.74, 6) is -0.767. The van der Waals surface area contributed by atoms with E-state index in [0.29, 0.717) is 36.9 Å². The first kappa shape index (κ1) is 19.6. The Kier molecular flexibility index (Phi) is 6.01. The number of benzene rings is 2. The van der Waals surface area contributed by atoms with Gasteiger partial charge >= 0.3 is 0 Å². The fourth-order valence-electron chi connectivity index (χ4n) is 2.80. The van der Waals surface area contributed by atoms with Gasteiger partial charge in [-0.05, 0) is 29.8 Å². The van der Waals surface area contributed by atoms with Gasteiger partial charge in [-0.2, -0.15) is 4.31 Å². The van der Waals surface area contributed by atoms with E-state index in [1.54, 1.807) is 18.2 Å². The van der Waals surface area contributed by atoms with Gasteiger partial charge in [0.25, 0.3) is 5.91 Å². The van der Waals surface area contributed by atoms with Gasteiger partial charge < -0.3 is 15.2 Å². The highest BCUT2D eigenvalue weighted by Gasteiger charge is 2.28. The van der Waals surface area contributed by atoms with E-state index in [-0.39, 0.29) is 22.8 Å². The number of sulfonamides is 1. The highest BCUT2D eigenvalue weighted by atomic mass is 35.5. The molecular weight excluding hydrogens is 392 g/mol. The maximum Gasteiger partial charge on any atom is 0.255 e. The molecule has 0 spiro atoms. The molecule has 2 aromatic carbocycles. The smallest absolute Gasteiger partial charge is 0.255 e. The van der Waals surface area contributed by atoms with Gasteiger partial charge in [-0.15, -0.1) is 0 Å². The fourth-order valence-corrected chi connectivity index (χ4v) is 4.59. The van der Waals surface area contributed by atoms with Crippen LogP contribution in [0.3, 0.4) is 0 Å². The van der Waals surface area contributed by atoms with E-state index in [4.69, 9.17) is 16.3 Å². The normalized spacial score (nSPS) is 15.4. The predicted molar refractivity (Wildman–Crippen MR) is 100 cm³/mol. The second kappa shape index (κ2) is 8.26. The minimum absolute atomic E-state index is 0.000638. The van der Waals surface area contributed by atoms with E-state index in [1.165, 1.54) is 28.6 Å². The van der Waals surface area contributed by atoms with Gasteiger partial charge in [-0.1, -0.05) is 29.8 Å². The molecule has 1 aliphatic rings. The quantitative estimate of drug-likeness (QED) is 0.785. The standard InChI is InChI=1S/C18H19ClN2O5S/c19-14-5-6-15(16(22)11-14)18(23)20-12-13-3-1-2-4-17(13)27(24,25)21-7-9-26-10-8-21/h1-6,11,22H,7-10,12H2,(H,20,23). The average Bonchev–Trinajstić information content (AvgIpc) is 2.67. The maximum absolute atomic E-state index is 12.9. The third kappa shape index (κ3) is 4.41. The summed E-state index contributed by atoms with van der Waals surface area (Å²) in [5, 5.41) is 12.8. The number of ether oxygens (including phenoxy) is 1. The Labute approximate surface area is 162 Å². The van der Waals surface area contributed by atoms with Crippen molar-refractivity contribution >= 4 is 27.5 Å². The van der Waals surface area contributed by atoms with Crippen LogP contribution < -0.4 is 5.32 Å². The summed E-state index contributed by atoms with van der Waals surface area (Å²) in [6.07, 6.45) is 0. The number of nitrogens with zero attached hydrogens (tertiary/aromatic N) is 1. The summed E-state index contributed by atoms with van der Waals surface area (Å²) in [5.41, 5.74) is 0.527. The first-order valence-corrected chi connectivity index (χ1v) is 10.1. The third-order valence-electron chi connectivity index (χ3n) is 4.20. The zero-order valence-electron chi connectivity index (χ0n) is 14.4. The number of aromatic hydroxyl groups is 1. The lowest BCUT2D eigenvalue weighted by Gasteiger charge is -2.27. The topological polar surface area (TPSA) is 95.9 Å². The molecule has 1 aliphatic heterocycles.